The minimum atomic E-state index is -1.36. The first-order chi connectivity index (χ1) is 10.9. The number of halogens is 1. The number of aliphatic hydroxyl groups is 1. The van der Waals surface area contributed by atoms with Crippen molar-refractivity contribution in [1.29, 1.82) is 0 Å². The lowest BCUT2D eigenvalue weighted by atomic mass is 10.0. The van der Waals surface area contributed by atoms with Gasteiger partial charge in [-0.1, -0.05) is 26.2 Å². The van der Waals surface area contributed by atoms with Crippen LogP contribution >= 0.6 is 15.9 Å². The highest BCUT2D eigenvalue weighted by molar-refractivity contribution is 9.10. The maximum absolute atomic E-state index is 12.2. The number of urea groups is 1. The van der Waals surface area contributed by atoms with Crippen LogP contribution in [0, 0.1) is 0 Å². The van der Waals surface area contributed by atoms with Gasteiger partial charge in [-0.05, 0) is 18.0 Å². The Kier molecular flexibility index (Phi) is 4.97. The minimum Gasteiger partial charge on any atom is -0.394 e. The van der Waals surface area contributed by atoms with Gasteiger partial charge in [0.25, 0.3) is 0 Å². The zero-order chi connectivity index (χ0) is 17.2. The maximum atomic E-state index is 12.2. The molecule has 2 aliphatic rings. The van der Waals surface area contributed by atoms with Crippen molar-refractivity contribution in [2.24, 2.45) is 10.2 Å². The Balaban J connectivity index is 2.35. The van der Waals surface area contributed by atoms with Crippen molar-refractivity contribution in [2.75, 3.05) is 6.61 Å². The van der Waals surface area contributed by atoms with Gasteiger partial charge in [-0.25, -0.2) is 4.79 Å². The molecule has 0 saturated carbocycles. The van der Waals surface area contributed by atoms with E-state index in [1.807, 2.05) is 0 Å². The predicted octanol–water partition coefficient (Wildman–Crippen LogP) is 1.11. The lowest BCUT2D eigenvalue weighted by Crippen LogP contribution is -2.67. The lowest BCUT2D eigenvalue weighted by molar-refractivity contribution is -0.129. The van der Waals surface area contributed by atoms with E-state index in [0.717, 1.165) is 4.90 Å². The number of ether oxygens (including phenoxy) is 1. The van der Waals surface area contributed by atoms with E-state index in [4.69, 9.17) is 15.8 Å². The summed E-state index contributed by atoms with van der Waals surface area (Å²) in [5.74, 6) is -0.653. The van der Waals surface area contributed by atoms with Crippen molar-refractivity contribution in [2.45, 2.75) is 42.2 Å². The number of carbonyl (C=O) groups excluding carboxylic acids is 2. The molecule has 0 spiro atoms. The average Bonchev–Trinajstić information content (AvgIpc) is 2.88. The molecule has 0 aromatic rings. The summed E-state index contributed by atoms with van der Waals surface area (Å²) in [5.41, 5.74) is 17.3. The van der Waals surface area contributed by atoms with Crippen molar-refractivity contribution in [3.63, 3.8) is 0 Å². The van der Waals surface area contributed by atoms with Gasteiger partial charge in [-0.2, -0.15) is 0 Å². The van der Waals surface area contributed by atoms with Crippen molar-refractivity contribution in [3.05, 3.63) is 20.9 Å². The molecule has 2 N–H and O–H groups in total. The second kappa shape index (κ2) is 6.60. The van der Waals surface area contributed by atoms with Gasteiger partial charge in [0.15, 0.2) is 0 Å². The Morgan fingerprint density at radius 1 is 1.48 bits per heavy atom. The molecule has 0 radical (unpaired) electrons. The summed E-state index contributed by atoms with van der Waals surface area (Å²) in [5, 5.41) is 18.5. The van der Waals surface area contributed by atoms with E-state index >= 15 is 0 Å². The number of alkyl halides is 1. The molecule has 2 rings (SSSR count). The fraction of sp³-hybridized carbons (Fsp3) is 0.800. The number of aliphatic hydroxyl groups excluding tert-OH is 1. The molecule has 124 valence electrons. The molecular formula is C10H13BrN8O4. The smallest absolute Gasteiger partial charge is 0.326 e. The number of hydrogen-bond acceptors (Lipinski definition) is 6. The molecule has 0 bridgehead atoms. The van der Waals surface area contributed by atoms with Gasteiger partial charge in [0.2, 0.25) is 5.91 Å². The molecule has 13 heteroatoms. The van der Waals surface area contributed by atoms with E-state index in [2.05, 4.69) is 41.3 Å². The molecule has 5 atom stereocenters. The molecule has 2 fully saturated rings. The normalized spacial score (nSPS) is 36.9. The third kappa shape index (κ3) is 3.05. The Bertz CT molecular complexity index is 614. The minimum absolute atomic E-state index is 0.0947. The van der Waals surface area contributed by atoms with Crippen LogP contribution in [0.25, 0.3) is 20.9 Å². The van der Waals surface area contributed by atoms with E-state index < -0.39 is 47.4 Å². The summed E-state index contributed by atoms with van der Waals surface area (Å²) in [6.07, 6.45) is -2.82. The van der Waals surface area contributed by atoms with Crippen LogP contribution in [0.15, 0.2) is 10.2 Å². The summed E-state index contributed by atoms with van der Waals surface area (Å²) >= 11 is 3.16. The highest BCUT2D eigenvalue weighted by Gasteiger charge is 2.53. The largest absolute Gasteiger partial charge is 0.394 e. The van der Waals surface area contributed by atoms with Crippen molar-refractivity contribution in [1.82, 2.24) is 10.2 Å². The van der Waals surface area contributed by atoms with E-state index in [9.17, 15) is 14.7 Å². The molecule has 2 unspecified atom stereocenters. The van der Waals surface area contributed by atoms with Crippen molar-refractivity contribution < 1.29 is 19.4 Å². The van der Waals surface area contributed by atoms with Gasteiger partial charge in [0.1, 0.15) is 16.7 Å². The number of hydrogen-bond donors (Lipinski definition) is 2. The van der Waals surface area contributed by atoms with Crippen LogP contribution in [-0.2, 0) is 9.53 Å². The van der Waals surface area contributed by atoms with Crippen LogP contribution < -0.4 is 5.32 Å². The van der Waals surface area contributed by atoms with Crippen LogP contribution in [0.2, 0.25) is 0 Å². The summed E-state index contributed by atoms with van der Waals surface area (Å²) in [4.78, 5) is 30.5. The lowest BCUT2D eigenvalue weighted by Gasteiger charge is -2.43. The number of nitrogens with one attached hydrogen (secondary N) is 1. The SMILES string of the molecule is CC1(Br)C(=O)NC(=O)N([C@H]2C[C@H](N=[N+]=[N-])[C@@H](CO)O2)C1N=[N+]=[N-]. The third-order valence-electron chi connectivity index (χ3n) is 3.70. The molecule has 0 aliphatic carbocycles. The van der Waals surface area contributed by atoms with Crippen LogP contribution in [0.3, 0.4) is 0 Å². The highest BCUT2D eigenvalue weighted by Crippen LogP contribution is 2.36. The molecular weight excluding hydrogens is 376 g/mol. The molecule has 2 aliphatic heterocycles. The highest BCUT2D eigenvalue weighted by atomic mass is 79.9. The van der Waals surface area contributed by atoms with Gasteiger partial charge >= 0.3 is 6.03 Å². The quantitative estimate of drug-likeness (QED) is 0.317. The number of nitrogens with zero attached hydrogens (tertiary/aromatic N) is 7. The van der Waals surface area contributed by atoms with E-state index in [1.54, 1.807) is 0 Å². The molecule has 23 heavy (non-hydrogen) atoms. The number of amides is 3. The zero-order valence-corrected chi connectivity index (χ0v) is 13.5. The Labute approximate surface area is 138 Å². The fourth-order valence-corrected chi connectivity index (χ4v) is 2.92. The molecule has 12 nitrogen and oxygen atoms in total. The number of rotatable bonds is 4. The van der Waals surface area contributed by atoms with Crippen molar-refractivity contribution in [3.8, 4) is 0 Å². The van der Waals surface area contributed by atoms with Crippen molar-refractivity contribution >= 4 is 27.9 Å². The number of carbonyl (C=O) groups is 2. The van der Waals surface area contributed by atoms with Gasteiger partial charge in [0, 0.05) is 16.2 Å². The topological polar surface area (TPSA) is 176 Å². The van der Waals surface area contributed by atoms with Gasteiger partial charge in [-0.3, -0.25) is 15.0 Å². The maximum Gasteiger partial charge on any atom is 0.326 e. The van der Waals surface area contributed by atoms with Crippen LogP contribution in [0.5, 0.6) is 0 Å². The van der Waals surface area contributed by atoms with E-state index in [1.165, 1.54) is 6.92 Å². The summed E-state index contributed by atoms with van der Waals surface area (Å²) in [6.45, 7) is 1.04. The Morgan fingerprint density at radius 3 is 2.70 bits per heavy atom. The first kappa shape index (κ1) is 17.3. The molecule has 0 aromatic carbocycles. The number of azide groups is 2. The van der Waals surface area contributed by atoms with Crippen LogP contribution in [0.1, 0.15) is 13.3 Å². The van der Waals surface area contributed by atoms with Gasteiger partial charge in [0.05, 0.1) is 18.8 Å². The standard InChI is InChI=1S/C10H13BrN8O4/c1-10(11)7(16-18-13)19(9(22)14-8(10)21)6-2-4(15-17-12)5(3-20)23-6/h4-7,20H,2-3H2,1H3,(H,14,21,22)/t4-,5+,6+,7?,10?/m0/s1. The Morgan fingerprint density at radius 2 is 2.13 bits per heavy atom. The monoisotopic (exact) mass is 388 g/mol. The molecule has 3 amide bonds. The molecule has 0 aromatic heterocycles. The average molecular weight is 389 g/mol. The summed E-state index contributed by atoms with van der Waals surface area (Å²) < 4.78 is 4.17. The third-order valence-corrected chi connectivity index (χ3v) is 4.47. The zero-order valence-electron chi connectivity index (χ0n) is 11.9. The predicted molar refractivity (Wildman–Crippen MR) is 78.9 cm³/mol. The fourth-order valence-electron chi connectivity index (χ4n) is 2.51. The summed E-state index contributed by atoms with van der Waals surface area (Å²) in [6, 6.07) is -1.48. The number of imide groups is 1. The molecule has 2 saturated heterocycles. The van der Waals surface area contributed by atoms with Gasteiger partial charge in [-0.15, -0.1) is 0 Å². The van der Waals surface area contributed by atoms with Gasteiger partial charge < -0.3 is 9.84 Å². The van der Waals surface area contributed by atoms with E-state index in [-0.39, 0.29) is 6.42 Å². The van der Waals surface area contributed by atoms with Crippen LogP contribution in [-0.4, -0.2) is 57.4 Å². The second-order valence-electron chi connectivity index (χ2n) is 5.14. The van der Waals surface area contributed by atoms with Crippen LogP contribution in [0.4, 0.5) is 4.79 Å². The second-order valence-corrected chi connectivity index (χ2v) is 6.79. The first-order valence-corrected chi connectivity index (χ1v) is 7.33. The first-order valence-electron chi connectivity index (χ1n) is 6.54. The Hall–Kier alpha value is -2.04. The summed E-state index contributed by atoms with van der Waals surface area (Å²) in [7, 11) is 0. The molecule has 2 heterocycles. The van der Waals surface area contributed by atoms with E-state index in [0.29, 0.717) is 0 Å².